The van der Waals surface area contributed by atoms with Gasteiger partial charge in [-0.2, -0.15) is 0 Å². The number of methoxy groups -OCH3 is 1. The van der Waals surface area contributed by atoms with E-state index in [1.807, 2.05) is 30.3 Å². The number of nitrogens with zero attached hydrogens (tertiary/aromatic N) is 1. The predicted molar refractivity (Wildman–Crippen MR) is 137 cm³/mol. The van der Waals surface area contributed by atoms with E-state index in [9.17, 15) is 9.59 Å². The van der Waals surface area contributed by atoms with Crippen LogP contribution >= 0.6 is 0 Å². The number of carbonyl (C=O) groups excluding carboxylic acids is 1. The van der Waals surface area contributed by atoms with E-state index in [1.165, 1.54) is 6.08 Å². The molecule has 6 heteroatoms. The van der Waals surface area contributed by atoms with Crippen molar-refractivity contribution in [1.82, 2.24) is 4.98 Å². The molecule has 2 N–H and O–H groups in total. The molecule has 2 aromatic carbocycles. The summed E-state index contributed by atoms with van der Waals surface area (Å²) in [6.45, 7) is 0. The molecule has 35 heavy (non-hydrogen) atoms. The first kappa shape index (κ1) is 24.2. The highest BCUT2D eigenvalue weighted by Crippen LogP contribution is 2.40. The number of nitrogens with one attached hydrogen (secondary N) is 1. The quantitative estimate of drug-likeness (QED) is 0.395. The Kier molecular flexibility index (Phi) is 7.60. The number of benzene rings is 2. The largest absolute Gasteiger partial charge is 0.481 e. The minimum absolute atomic E-state index is 0.0278. The van der Waals surface area contributed by atoms with Crippen molar-refractivity contribution in [2.45, 2.75) is 38.5 Å². The lowest BCUT2D eigenvalue weighted by Gasteiger charge is -2.36. The Hall–Kier alpha value is -3.93. The second-order valence-electron chi connectivity index (χ2n) is 9.06. The maximum atomic E-state index is 13.6. The van der Waals surface area contributed by atoms with E-state index in [2.05, 4.69) is 34.6 Å². The van der Waals surface area contributed by atoms with Crippen molar-refractivity contribution in [3.8, 4) is 17.0 Å². The molecule has 4 rings (SSSR count). The van der Waals surface area contributed by atoms with Gasteiger partial charge in [-0.05, 0) is 60.2 Å². The number of aromatic nitrogens is 1. The number of aliphatic carboxylic acids is 1. The molecule has 0 unspecified atom stereocenters. The molecule has 0 bridgehead atoms. The monoisotopic (exact) mass is 470 g/mol. The van der Waals surface area contributed by atoms with Crippen molar-refractivity contribution >= 4 is 23.6 Å². The molecule has 0 radical (unpaired) electrons. The Bertz CT molecular complexity index is 1190. The summed E-state index contributed by atoms with van der Waals surface area (Å²) in [7, 11) is 1.60. The number of amides is 1. The number of ether oxygens (including phenoxy) is 1. The van der Waals surface area contributed by atoms with Gasteiger partial charge in [-0.3, -0.25) is 4.79 Å². The summed E-state index contributed by atoms with van der Waals surface area (Å²) >= 11 is 0. The topological polar surface area (TPSA) is 88.5 Å². The minimum Gasteiger partial charge on any atom is -0.481 e. The average Bonchev–Trinajstić information content (AvgIpc) is 2.89. The number of carboxylic acid groups (broad SMARTS) is 1. The number of carbonyl (C=O) groups is 2. The van der Waals surface area contributed by atoms with E-state index in [1.54, 1.807) is 19.4 Å². The zero-order valence-electron chi connectivity index (χ0n) is 19.9. The lowest BCUT2D eigenvalue weighted by molar-refractivity contribution is -0.131. The molecule has 1 saturated carbocycles. The lowest BCUT2D eigenvalue weighted by atomic mass is 9.69. The summed E-state index contributed by atoms with van der Waals surface area (Å²) in [4.78, 5) is 28.7. The summed E-state index contributed by atoms with van der Waals surface area (Å²) in [5.74, 6) is -0.395. The molecule has 180 valence electrons. The van der Waals surface area contributed by atoms with Crippen molar-refractivity contribution in [2.24, 2.45) is 5.41 Å². The Morgan fingerprint density at radius 1 is 1.03 bits per heavy atom. The number of anilines is 1. The zero-order chi connectivity index (χ0) is 24.7. The van der Waals surface area contributed by atoms with Crippen LogP contribution in [0, 0.1) is 5.41 Å². The van der Waals surface area contributed by atoms with E-state index in [-0.39, 0.29) is 5.91 Å². The lowest BCUT2D eigenvalue weighted by Crippen LogP contribution is -2.40. The normalized spacial score (nSPS) is 15.0. The molecule has 1 fully saturated rings. The predicted octanol–water partition coefficient (Wildman–Crippen LogP) is 5.99. The number of pyridine rings is 1. The number of rotatable bonds is 8. The summed E-state index contributed by atoms with van der Waals surface area (Å²) in [5, 5.41) is 12.0. The molecule has 1 heterocycles. The van der Waals surface area contributed by atoms with Gasteiger partial charge in [0.1, 0.15) is 0 Å². The van der Waals surface area contributed by atoms with Crippen LogP contribution in [0.5, 0.6) is 5.88 Å². The van der Waals surface area contributed by atoms with Gasteiger partial charge in [0.25, 0.3) is 0 Å². The molecule has 0 spiro atoms. The van der Waals surface area contributed by atoms with Crippen LogP contribution in [0.4, 0.5) is 5.69 Å². The molecule has 1 aromatic heterocycles. The molecular formula is C29H30N2O4. The van der Waals surface area contributed by atoms with E-state index in [4.69, 9.17) is 9.84 Å². The van der Waals surface area contributed by atoms with Crippen LogP contribution in [0.2, 0.25) is 0 Å². The van der Waals surface area contributed by atoms with Crippen molar-refractivity contribution in [3.05, 3.63) is 84.1 Å². The Balaban J connectivity index is 1.51. The van der Waals surface area contributed by atoms with Gasteiger partial charge in [0, 0.05) is 29.6 Å². The maximum Gasteiger partial charge on any atom is 0.328 e. The molecule has 0 aliphatic heterocycles. The highest BCUT2D eigenvalue weighted by molar-refractivity contribution is 5.96. The third-order valence-corrected chi connectivity index (χ3v) is 6.63. The van der Waals surface area contributed by atoms with Crippen molar-refractivity contribution in [1.29, 1.82) is 0 Å². The first-order valence-corrected chi connectivity index (χ1v) is 11.9. The molecule has 3 aromatic rings. The van der Waals surface area contributed by atoms with Crippen LogP contribution in [-0.4, -0.2) is 29.1 Å². The van der Waals surface area contributed by atoms with Gasteiger partial charge in [0.2, 0.25) is 11.8 Å². The molecule has 1 aliphatic rings. The highest BCUT2D eigenvalue weighted by atomic mass is 16.5. The van der Waals surface area contributed by atoms with Crippen LogP contribution in [0.1, 0.15) is 43.2 Å². The van der Waals surface area contributed by atoms with Gasteiger partial charge in [-0.1, -0.05) is 55.7 Å². The summed E-state index contributed by atoms with van der Waals surface area (Å²) in [6, 6.07) is 19.4. The summed E-state index contributed by atoms with van der Waals surface area (Å²) < 4.78 is 5.14. The fourth-order valence-corrected chi connectivity index (χ4v) is 4.74. The standard InChI is InChI=1S/C29H30N2O4/c1-35-26-14-13-24(20-30-26)23-11-8-22(9-12-23)19-29(16-3-2-4-17-29)28(34)31-25-7-5-6-21(18-25)10-15-27(32)33/h5-15,18,20H,2-4,16-17,19H2,1H3,(H,31,34)(H,32,33)/b15-10+. The van der Waals surface area contributed by atoms with E-state index in [0.29, 0.717) is 18.0 Å². The first-order valence-electron chi connectivity index (χ1n) is 11.9. The molecule has 1 amide bonds. The Morgan fingerprint density at radius 2 is 1.77 bits per heavy atom. The second-order valence-corrected chi connectivity index (χ2v) is 9.06. The van der Waals surface area contributed by atoms with Crippen LogP contribution in [0.3, 0.4) is 0 Å². The molecule has 0 saturated heterocycles. The second kappa shape index (κ2) is 11.0. The summed E-state index contributed by atoms with van der Waals surface area (Å²) in [6.07, 6.45) is 10.00. The third kappa shape index (κ3) is 6.15. The molecule has 1 aliphatic carbocycles. The van der Waals surface area contributed by atoms with Crippen molar-refractivity contribution < 1.29 is 19.4 Å². The fourth-order valence-electron chi connectivity index (χ4n) is 4.74. The molecular weight excluding hydrogens is 440 g/mol. The van der Waals surface area contributed by atoms with E-state index < -0.39 is 11.4 Å². The smallest absolute Gasteiger partial charge is 0.328 e. The zero-order valence-corrected chi connectivity index (χ0v) is 19.9. The minimum atomic E-state index is -1.00. The van der Waals surface area contributed by atoms with Gasteiger partial charge in [-0.15, -0.1) is 0 Å². The number of hydrogen-bond acceptors (Lipinski definition) is 4. The SMILES string of the molecule is COc1ccc(-c2ccc(CC3(C(=O)Nc4cccc(/C=C/C(=O)O)c4)CCCCC3)cc2)cn1. The van der Waals surface area contributed by atoms with E-state index >= 15 is 0 Å². The highest BCUT2D eigenvalue weighted by Gasteiger charge is 2.39. The van der Waals surface area contributed by atoms with Gasteiger partial charge in [0.05, 0.1) is 12.5 Å². The van der Waals surface area contributed by atoms with Gasteiger partial charge >= 0.3 is 5.97 Å². The number of hydrogen-bond donors (Lipinski definition) is 2. The Morgan fingerprint density at radius 3 is 2.43 bits per heavy atom. The molecule has 0 atom stereocenters. The van der Waals surface area contributed by atoms with Crippen LogP contribution in [0.25, 0.3) is 17.2 Å². The van der Waals surface area contributed by atoms with Crippen LogP contribution < -0.4 is 10.1 Å². The Labute approximate surface area is 205 Å². The average molecular weight is 471 g/mol. The van der Waals surface area contributed by atoms with Gasteiger partial charge in [0.15, 0.2) is 0 Å². The van der Waals surface area contributed by atoms with Gasteiger partial charge < -0.3 is 15.2 Å². The van der Waals surface area contributed by atoms with Crippen LogP contribution in [-0.2, 0) is 16.0 Å². The van der Waals surface area contributed by atoms with E-state index in [0.717, 1.165) is 60.4 Å². The first-order chi connectivity index (χ1) is 17.0. The maximum absolute atomic E-state index is 13.6. The van der Waals surface area contributed by atoms with Crippen molar-refractivity contribution in [2.75, 3.05) is 12.4 Å². The number of carboxylic acids is 1. The third-order valence-electron chi connectivity index (χ3n) is 6.63. The summed E-state index contributed by atoms with van der Waals surface area (Å²) in [5.41, 5.74) is 4.15. The fraction of sp³-hybridized carbons (Fsp3) is 0.276. The molecule has 6 nitrogen and oxygen atoms in total. The van der Waals surface area contributed by atoms with Crippen LogP contribution in [0.15, 0.2) is 72.9 Å². The van der Waals surface area contributed by atoms with Gasteiger partial charge in [-0.25, -0.2) is 9.78 Å². The van der Waals surface area contributed by atoms with Crippen molar-refractivity contribution in [3.63, 3.8) is 0 Å².